The van der Waals surface area contributed by atoms with Gasteiger partial charge >= 0.3 is 0 Å². The average molecular weight is 409 g/mol. The molecule has 0 aliphatic carbocycles. The molecular weight excluding hydrogens is 385 g/mol. The number of carbonyl (C=O) groups excluding carboxylic acids is 2. The van der Waals surface area contributed by atoms with Crippen LogP contribution >= 0.6 is 0 Å². The molecule has 156 valence electrons. The van der Waals surface area contributed by atoms with Gasteiger partial charge in [-0.05, 0) is 48.4 Å². The predicted molar refractivity (Wildman–Crippen MR) is 113 cm³/mol. The predicted octanol–water partition coefficient (Wildman–Crippen LogP) is 3.20. The molecular formula is C23H24FN3O3. The normalized spacial score (nSPS) is 14.1. The number of nitrogens with one attached hydrogen (secondary N) is 2. The van der Waals surface area contributed by atoms with Gasteiger partial charge < -0.3 is 19.9 Å². The van der Waals surface area contributed by atoms with Gasteiger partial charge in [0.15, 0.2) is 0 Å². The number of ether oxygens (including phenoxy) is 1. The molecule has 2 aromatic carbocycles. The summed E-state index contributed by atoms with van der Waals surface area (Å²) in [7, 11) is 0. The Morgan fingerprint density at radius 1 is 1.10 bits per heavy atom. The number of halogens is 1. The Kier molecular flexibility index (Phi) is 5.81. The van der Waals surface area contributed by atoms with E-state index in [1.807, 2.05) is 24.0 Å². The number of morpholine rings is 1. The third-order valence-corrected chi connectivity index (χ3v) is 5.38. The molecule has 30 heavy (non-hydrogen) atoms. The maximum Gasteiger partial charge on any atom is 0.228 e. The van der Waals surface area contributed by atoms with Gasteiger partial charge in [0.25, 0.3) is 0 Å². The molecule has 6 nitrogen and oxygen atoms in total. The van der Waals surface area contributed by atoms with Crippen molar-refractivity contribution in [1.29, 1.82) is 0 Å². The number of nitrogens with zero attached hydrogens (tertiary/aromatic N) is 1. The van der Waals surface area contributed by atoms with E-state index in [1.54, 1.807) is 18.2 Å². The molecule has 4 rings (SSSR count). The zero-order valence-corrected chi connectivity index (χ0v) is 16.8. The summed E-state index contributed by atoms with van der Waals surface area (Å²) in [6, 6.07) is 11.8. The second-order valence-corrected chi connectivity index (χ2v) is 7.51. The van der Waals surface area contributed by atoms with Gasteiger partial charge in [0, 0.05) is 35.4 Å². The van der Waals surface area contributed by atoms with Gasteiger partial charge in [0.2, 0.25) is 11.8 Å². The van der Waals surface area contributed by atoms with Crippen LogP contribution in [-0.2, 0) is 27.2 Å². The van der Waals surface area contributed by atoms with E-state index in [4.69, 9.17) is 4.74 Å². The second-order valence-electron chi connectivity index (χ2n) is 7.51. The van der Waals surface area contributed by atoms with E-state index >= 15 is 0 Å². The molecule has 1 aliphatic rings. The SMILES string of the molecule is Cc1[nH]c2ccc(F)cc2c1CC(=O)Nc1ccc(CC(=O)N2CCOCC2)cc1. The first-order valence-electron chi connectivity index (χ1n) is 10.0. The summed E-state index contributed by atoms with van der Waals surface area (Å²) in [4.78, 5) is 29.9. The van der Waals surface area contributed by atoms with Crippen molar-refractivity contribution in [2.45, 2.75) is 19.8 Å². The Balaban J connectivity index is 1.38. The minimum atomic E-state index is -0.328. The van der Waals surface area contributed by atoms with Crippen LogP contribution in [0.5, 0.6) is 0 Å². The Labute approximate surface area is 174 Å². The first kappa shape index (κ1) is 20.1. The molecule has 7 heteroatoms. The van der Waals surface area contributed by atoms with Crippen LogP contribution in [0.15, 0.2) is 42.5 Å². The molecule has 0 unspecified atom stereocenters. The lowest BCUT2D eigenvalue weighted by Gasteiger charge is -2.26. The highest BCUT2D eigenvalue weighted by Crippen LogP contribution is 2.24. The summed E-state index contributed by atoms with van der Waals surface area (Å²) in [5, 5.41) is 3.59. The second kappa shape index (κ2) is 8.67. The fraction of sp³-hybridized carbons (Fsp3) is 0.304. The Hall–Kier alpha value is -3.19. The first-order valence-corrected chi connectivity index (χ1v) is 10.0. The Bertz CT molecular complexity index is 1070. The van der Waals surface area contributed by atoms with E-state index in [9.17, 15) is 14.0 Å². The van der Waals surface area contributed by atoms with Crippen LogP contribution in [0.4, 0.5) is 10.1 Å². The maximum absolute atomic E-state index is 13.6. The summed E-state index contributed by atoms with van der Waals surface area (Å²) in [5.41, 5.74) is 4.00. The first-order chi connectivity index (χ1) is 14.5. The molecule has 2 heterocycles. The Morgan fingerprint density at radius 3 is 2.57 bits per heavy atom. The van der Waals surface area contributed by atoms with Gasteiger partial charge in [0.1, 0.15) is 5.82 Å². The number of aromatic amines is 1. The molecule has 2 amide bonds. The number of aromatic nitrogens is 1. The van der Waals surface area contributed by atoms with E-state index in [1.165, 1.54) is 12.1 Å². The van der Waals surface area contributed by atoms with Crippen molar-refractivity contribution in [2.75, 3.05) is 31.6 Å². The highest BCUT2D eigenvalue weighted by Gasteiger charge is 2.17. The van der Waals surface area contributed by atoms with Gasteiger partial charge in [-0.3, -0.25) is 9.59 Å². The number of benzene rings is 2. The van der Waals surface area contributed by atoms with Crippen molar-refractivity contribution >= 4 is 28.4 Å². The van der Waals surface area contributed by atoms with E-state index < -0.39 is 0 Å². The van der Waals surface area contributed by atoms with Crippen molar-refractivity contribution in [3.05, 3.63) is 65.1 Å². The fourth-order valence-electron chi connectivity index (χ4n) is 3.75. The number of fused-ring (bicyclic) bond motifs is 1. The molecule has 0 bridgehead atoms. The van der Waals surface area contributed by atoms with Crippen LogP contribution in [0, 0.1) is 12.7 Å². The number of H-pyrrole nitrogens is 1. The van der Waals surface area contributed by atoms with Crippen LogP contribution in [0.25, 0.3) is 10.9 Å². The number of amides is 2. The lowest BCUT2D eigenvalue weighted by atomic mass is 10.1. The third-order valence-electron chi connectivity index (χ3n) is 5.38. The smallest absolute Gasteiger partial charge is 0.228 e. The van der Waals surface area contributed by atoms with Crippen LogP contribution in [0.2, 0.25) is 0 Å². The standard InChI is InChI=1S/C23H24FN3O3/c1-15-19(20-13-17(24)4-7-21(20)25-15)14-22(28)26-18-5-2-16(3-6-18)12-23(29)27-8-10-30-11-9-27/h2-7,13,25H,8-12,14H2,1H3,(H,26,28). The van der Waals surface area contributed by atoms with Crippen molar-refractivity contribution in [3.8, 4) is 0 Å². The minimum Gasteiger partial charge on any atom is -0.378 e. The molecule has 1 saturated heterocycles. The highest BCUT2D eigenvalue weighted by atomic mass is 19.1. The number of hydrogen-bond acceptors (Lipinski definition) is 3. The molecule has 0 radical (unpaired) electrons. The Morgan fingerprint density at radius 2 is 1.83 bits per heavy atom. The summed E-state index contributed by atoms with van der Waals surface area (Å²) in [6.07, 6.45) is 0.473. The lowest BCUT2D eigenvalue weighted by molar-refractivity contribution is -0.134. The topological polar surface area (TPSA) is 74.4 Å². The number of anilines is 1. The van der Waals surface area contributed by atoms with Crippen LogP contribution < -0.4 is 5.32 Å². The zero-order valence-electron chi connectivity index (χ0n) is 16.8. The number of rotatable bonds is 5. The highest BCUT2D eigenvalue weighted by molar-refractivity contribution is 5.96. The van der Waals surface area contributed by atoms with Crippen molar-refractivity contribution < 1.29 is 18.7 Å². The molecule has 1 aromatic heterocycles. The van der Waals surface area contributed by atoms with Crippen LogP contribution in [-0.4, -0.2) is 48.0 Å². The molecule has 1 aliphatic heterocycles. The number of carbonyl (C=O) groups is 2. The molecule has 1 fully saturated rings. The molecule has 0 saturated carbocycles. The molecule has 3 aromatic rings. The quantitative estimate of drug-likeness (QED) is 0.680. The van der Waals surface area contributed by atoms with Gasteiger partial charge in [-0.1, -0.05) is 12.1 Å². The summed E-state index contributed by atoms with van der Waals surface area (Å²) in [6.45, 7) is 4.30. The van der Waals surface area contributed by atoms with Gasteiger partial charge in [0.05, 0.1) is 26.1 Å². The van der Waals surface area contributed by atoms with Crippen molar-refractivity contribution in [2.24, 2.45) is 0 Å². The largest absolute Gasteiger partial charge is 0.378 e. The number of aryl methyl sites for hydroxylation is 1. The van der Waals surface area contributed by atoms with Gasteiger partial charge in [-0.15, -0.1) is 0 Å². The minimum absolute atomic E-state index is 0.0807. The molecule has 2 N–H and O–H groups in total. The van der Waals surface area contributed by atoms with Gasteiger partial charge in [-0.2, -0.15) is 0 Å². The fourth-order valence-corrected chi connectivity index (χ4v) is 3.75. The van der Waals surface area contributed by atoms with Crippen molar-refractivity contribution in [1.82, 2.24) is 9.88 Å². The maximum atomic E-state index is 13.6. The molecule has 0 atom stereocenters. The average Bonchev–Trinajstić information content (AvgIpc) is 3.04. The van der Waals surface area contributed by atoms with Crippen LogP contribution in [0.3, 0.4) is 0 Å². The van der Waals surface area contributed by atoms with Gasteiger partial charge in [-0.25, -0.2) is 4.39 Å². The molecule has 0 spiro atoms. The summed E-state index contributed by atoms with van der Waals surface area (Å²) >= 11 is 0. The van der Waals surface area contributed by atoms with E-state index in [0.717, 1.165) is 27.7 Å². The van der Waals surface area contributed by atoms with Crippen LogP contribution in [0.1, 0.15) is 16.8 Å². The number of hydrogen-bond donors (Lipinski definition) is 2. The van der Waals surface area contributed by atoms with Crippen molar-refractivity contribution in [3.63, 3.8) is 0 Å². The van der Waals surface area contributed by atoms with E-state index in [-0.39, 0.29) is 24.1 Å². The lowest BCUT2D eigenvalue weighted by Crippen LogP contribution is -2.41. The van der Waals surface area contributed by atoms with E-state index in [2.05, 4.69) is 10.3 Å². The third kappa shape index (κ3) is 4.52. The summed E-state index contributed by atoms with van der Waals surface area (Å²) in [5.74, 6) is -0.428. The summed E-state index contributed by atoms with van der Waals surface area (Å²) < 4.78 is 18.9. The zero-order chi connectivity index (χ0) is 21.1. The van der Waals surface area contributed by atoms with E-state index in [0.29, 0.717) is 38.4 Å². The monoisotopic (exact) mass is 409 g/mol.